The van der Waals surface area contributed by atoms with Gasteiger partial charge in [0, 0.05) is 26.1 Å². The summed E-state index contributed by atoms with van der Waals surface area (Å²) in [5.41, 5.74) is 1.08. The molecule has 1 aromatic carbocycles. The summed E-state index contributed by atoms with van der Waals surface area (Å²) in [7, 11) is 0. The third-order valence-electron chi connectivity index (χ3n) is 4.67. The van der Waals surface area contributed by atoms with Gasteiger partial charge in [-0.05, 0) is 31.2 Å². The van der Waals surface area contributed by atoms with Crippen LogP contribution in [0.15, 0.2) is 30.3 Å². The van der Waals surface area contributed by atoms with E-state index in [9.17, 15) is 9.59 Å². The molecule has 0 radical (unpaired) electrons. The minimum Gasteiger partial charge on any atom is -0.356 e. The average molecular weight is 330 g/mol. The van der Waals surface area contributed by atoms with Crippen LogP contribution in [0.25, 0.3) is 0 Å². The Balaban J connectivity index is 1.77. The Hall–Kier alpha value is -1.84. The normalized spacial score (nSPS) is 16.5. The molecular formula is C20H30N2O2. The number of hydrogen-bond donors (Lipinski definition) is 1. The van der Waals surface area contributed by atoms with Gasteiger partial charge in [-0.2, -0.15) is 0 Å². The van der Waals surface area contributed by atoms with Crippen LogP contribution in [0.5, 0.6) is 0 Å². The number of amides is 2. The average Bonchev–Trinajstić information content (AvgIpc) is 2.81. The van der Waals surface area contributed by atoms with Crippen molar-refractivity contribution in [3.05, 3.63) is 35.9 Å². The SMILES string of the molecule is CCCC(C(=O)NCCCN1CCCCCC1=O)c1ccccc1. The molecule has 1 unspecified atom stereocenters. The predicted octanol–water partition coefficient (Wildman–Crippen LogP) is 3.48. The van der Waals surface area contributed by atoms with Gasteiger partial charge in [-0.25, -0.2) is 0 Å². The van der Waals surface area contributed by atoms with Gasteiger partial charge in [0.15, 0.2) is 0 Å². The Morgan fingerprint density at radius 2 is 2.00 bits per heavy atom. The molecule has 2 amide bonds. The van der Waals surface area contributed by atoms with Gasteiger partial charge >= 0.3 is 0 Å². The van der Waals surface area contributed by atoms with Crippen LogP contribution in [0.1, 0.15) is 63.4 Å². The summed E-state index contributed by atoms with van der Waals surface area (Å²) in [4.78, 5) is 26.4. The number of carbonyl (C=O) groups is 2. The van der Waals surface area contributed by atoms with Crippen LogP contribution in [0.3, 0.4) is 0 Å². The molecule has 0 saturated carbocycles. The maximum absolute atomic E-state index is 12.5. The van der Waals surface area contributed by atoms with Crippen LogP contribution in [0.4, 0.5) is 0 Å². The predicted molar refractivity (Wildman–Crippen MR) is 96.8 cm³/mol. The summed E-state index contributed by atoms with van der Waals surface area (Å²) in [6.45, 7) is 4.36. The van der Waals surface area contributed by atoms with E-state index < -0.39 is 0 Å². The summed E-state index contributed by atoms with van der Waals surface area (Å²) in [5.74, 6) is 0.299. The molecule has 1 aliphatic heterocycles. The van der Waals surface area contributed by atoms with Crippen molar-refractivity contribution in [2.75, 3.05) is 19.6 Å². The Morgan fingerprint density at radius 1 is 1.21 bits per heavy atom. The van der Waals surface area contributed by atoms with Gasteiger partial charge in [0.25, 0.3) is 0 Å². The number of benzene rings is 1. The number of nitrogens with one attached hydrogen (secondary N) is 1. The van der Waals surface area contributed by atoms with Crippen LogP contribution in [-0.2, 0) is 9.59 Å². The van der Waals surface area contributed by atoms with Crippen LogP contribution < -0.4 is 5.32 Å². The zero-order chi connectivity index (χ0) is 17.2. The van der Waals surface area contributed by atoms with E-state index in [1.54, 1.807) is 0 Å². The molecule has 1 atom stereocenters. The largest absolute Gasteiger partial charge is 0.356 e. The fraction of sp³-hybridized carbons (Fsp3) is 0.600. The molecule has 1 fully saturated rings. The van der Waals surface area contributed by atoms with Gasteiger partial charge in [-0.3, -0.25) is 9.59 Å². The molecule has 4 nitrogen and oxygen atoms in total. The number of nitrogens with zero attached hydrogens (tertiary/aromatic N) is 1. The Morgan fingerprint density at radius 3 is 2.75 bits per heavy atom. The van der Waals surface area contributed by atoms with Gasteiger partial charge in [-0.15, -0.1) is 0 Å². The lowest BCUT2D eigenvalue weighted by atomic mass is 9.93. The topological polar surface area (TPSA) is 49.4 Å². The van der Waals surface area contributed by atoms with Gasteiger partial charge in [0.05, 0.1) is 5.92 Å². The highest BCUT2D eigenvalue weighted by Gasteiger charge is 2.19. The van der Waals surface area contributed by atoms with Crippen molar-refractivity contribution in [1.29, 1.82) is 0 Å². The zero-order valence-electron chi connectivity index (χ0n) is 14.8. The first-order valence-electron chi connectivity index (χ1n) is 9.32. The van der Waals surface area contributed by atoms with E-state index in [-0.39, 0.29) is 17.7 Å². The minimum absolute atomic E-state index is 0.0731. The lowest BCUT2D eigenvalue weighted by Crippen LogP contribution is -2.35. The number of carbonyl (C=O) groups excluding carboxylic acids is 2. The van der Waals surface area contributed by atoms with Crippen molar-refractivity contribution in [2.24, 2.45) is 0 Å². The minimum atomic E-state index is -0.0731. The molecule has 132 valence electrons. The molecule has 1 saturated heterocycles. The van der Waals surface area contributed by atoms with E-state index in [2.05, 4.69) is 12.2 Å². The van der Waals surface area contributed by atoms with Crippen LogP contribution in [0.2, 0.25) is 0 Å². The van der Waals surface area contributed by atoms with Crippen LogP contribution >= 0.6 is 0 Å². The highest BCUT2D eigenvalue weighted by Crippen LogP contribution is 2.21. The van der Waals surface area contributed by atoms with Crippen LogP contribution in [0, 0.1) is 0 Å². The van der Waals surface area contributed by atoms with E-state index in [1.165, 1.54) is 0 Å². The molecule has 2 rings (SSSR count). The van der Waals surface area contributed by atoms with Crippen LogP contribution in [-0.4, -0.2) is 36.3 Å². The van der Waals surface area contributed by atoms with Crippen molar-refractivity contribution in [2.45, 2.75) is 57.8 Å². The summed E-state index contributed by atoms with van der Waals surface area (Å²) in [6.07, 6.45) is 6.61. The molecule has 1 N–H and O–H groups in total. The first kappa shape index (κ1) is 18.5. The third kappa shape index (κ3) is 5.66. The van der Waals surface area contributed by atoms with Crippen molar-refractivity contribution < 1.29 is 9.59 Å². The van der Waals surface area contributed by atoms with Crippen molar-refractivity contribution >= 4 is 11.8 Å². The molecule has 1 aliphatic rings. The van der Waals surface area contributed by atoms with Gasteiger partial charge < -0.3 is 10.2 Å². The molecule has 4 heteroatoms. The van der Waals surface area contributed by atoms with Gasteiger partial charge in [-0.1, -0.05) is 50.1 Å². The molecule has 0 aromatic heterocycles. The summed E-state index contributed by atoms with van der Waals surface area (Å²) >= 11 is 0. The maximum Gasteiger partial charge on any atom is 0.227 e. The second-order valence-corrected chi connectivity index (χ2v) is 6.59. The summed E-state index contributed by atoms with van der Waals surface area (Å²) in [5, 5.41) is 3.06. The fourth-order valence-corrected chi connectivity index (χ4v) is 3.30. The lowest BCUT2D eigenvalue weighted by Gasteiger charge is -2.21. The van der Waals surface area contributed by atoms with Gasteiger partial charge in [0.2, 0.25) is 11.8 Å². The van der Waals surface area contributed by atoms with E-state index in [0.717, 1.165) is 57.2 Å². The first-order valence-corrected chi connectivity index (χ1v) is 9.32. The summed E-state index contributed by atoms with van der Waals surface area (Å²) in [6, 6.07) is 9.99. The monoisotopic (exact) mass is 330 g/mol. The Labute approximate surface area is 145 Å². The summed E-state index contributed by atoms with van der Waals surface area (Å²) < 4.78 is 0. The molecule has 1 aromatic rings. The second kappa shape index (κ2) is 10.1. The van der Waals surface area contributed by atoms with E-state index in [1.807, 2.05) is 35.2 Å². The smallest absolute Gasteiger partial charge is 0.227 e. The standard InChI is InChI=1S/C20H30N2O2/c1-2-10-18(17-11-5-3-6-12-17)20(24)21-14-9-16-22-15-8-4-7-13-19(22)23/h3,5-6,11-12,18H,2,4,7-10,13-16H2,1H3,(H,21,24). The highest BCUT2D eigenvalue weighted by atomic mass is 16.2. The fourth-order valence-electron chi connectivity index (χ4n) is 3.30. The number of hydrogen-bond acceptors (Lipinski definition) is 2. The molecular weight excluding hydrogens is 300 g/mol. The van der Waals surface area contributed by atoms with E-state index >= 15 is 0 Å². The van der Waals surface area contributed by atoms with E-state index in [4.69, 9.17) is 0 Å². The second-order valence-electron chi connectivity index (χ2n) is 6.59. The number of rotatable bonds is 8. The number of likely N-dealkylation sites (tertiary alicyclic amines) is 1. The molecule has 0 spiro atoms. The Bertz CT molecular complexity index is 516. The molecule has 0 bridgehead atoms. The molecule has 0 aliphatic carbocycles. The van der Waals surface area contributed by atoms with Crippen molar-refractivity contribution in [3.8, 4) is 0 Å². The maximum atomic E-state index is 12.5. The van der Waals surface area contributed by atoms with Crippen molar-refractivity contribution in [3.63, 3.8) is 0 Å². The third-order valence-corrected chi connectivity index (χ3v) is 4.67. The first-order chi connectivity index (χ1) is 11.7. The highest BCUT2D eigenvalue weighted by molar-refractivity contribution is 5.83. The quantitative estimate of drug-likeness (QED) is 0.742. The van der Waals surface area contributed by atoms with E-state index in [0.29, 0.717) is 13.0 Å². The molecule has 1 heterocycles. The molecule has 24 heavy (non-hydrogen) atoms. The zero-order valence-corrected chi connectivity index (χ0v) is 14.8. The Kier molecular flexibility index (Phi) is 7.80. The lowest BCUT2D eigenvalue weighted by molar-refractivity contribution is -0.130. The van der Waals surface area contributed by atoms with Gasteiger partial charge in [0.1, 0.15) is 0 Å². The van der Waals surface area contributed by atoms with Crippen molar-refractivity contribution in [1.82, 2.24) is 10.2 Å².